The van der Waals surface area contributed by atoms with E-state index in [1.807, 2.05) is 12.1 Å². The van der Waals surface area contributed by atoms with E-state index < -0.39 is 12.2 Å². The van der Waals surface area contributed by atoms with Crippen molar-refractivity contribution in [1.82, 2.24) is 11.1 Å². The van der Waals surface area contributed by atoms with Gasteiger partial charge in [0.05, 0.1) is 25.6 Å². The van der Waals surface area contributed by atoms with Gasteiger partial charge in [-0.3, -0.25) is 0 Å². The Labute approximate surface area is 139 Å². The molecule has 0 aromatic heterocycles. The third kappa shape index (κ3) is 4.22. The number of anilines is 2. The summed E-state index contributed by atoms with van der Waals surface area (Å²) in [5, 5.41) is 2.22. The largest absolute Gasteiger partial charge is 0.452 e. The Morgan fingerprint density at radius 2 is 1.04 bits per heavy atom. The second-order valence-electron chi connectivity index (χ2n) is 4.51. The van der Waals surface area contributed by atoms with Gasteiger partial charge < -0.3 is 9.47 Å². The van der Waals surface area contributed by atoms with Crippen LogP contribution in [0.25, 0.3) is 0 Å². The van der Waals surface area contributed by atoms with Crippen molar-refractivity contribution in [2.45, 2.75) is 0 Å². The molecule has 0 heterocycles. The molecule has 8 heteroatoms. The van der Waals surface area contributed by atoms with Gasteiger partial charge in [0.2, 0.25) is 0 Å². The van der Waals surface area contributed by atoms with Crippen LogP contribution in [-0.2, 0) is 9.47 Å². The van der Waals surface area contributed by atoms with E-state index in [2.05, 4.69) is 11.1 Å². The van der Waals surface area contributed by atoms with Crippen LogP contribution in [0.3, 0.4) is 0 Å². The number of hydrazine groups is 3. The number of para-hydroxylation sites is 2. The van der Waals surface area contributed by atoms with Gasteiger partial charge in [0.25, 0.3) is 0 Å². The monoisotopic (exact) mass is 330 g/mol. The van der Waals surface area contributed by atoms with Gasteiger partial charge in [0, 0.05) is 0 Å². The number of nitrogens with zero attached hydrogens (tertiary/aromatic N) is 2. The van der Waals surface area contributed by atoms with E-state index >= 15 is 0 Å². The summed E-state index contributed by atoms with van der Waals surface area (Å²) in [7, 11) is 2.52. The number of methoxy groups -OCH3 is 2. The molecule has 2 aromatic carbocycles. The molecule has 2 N–H and O–H groups in total. The highest BCUT2D eigenvalue weighted by molar-refractivity contribution is 5.88. The molecule has 0 saturated carbocycles. The maximum atomic E-state index is 12.0. The van der Waals surface area contributed by atoms with E-state index in [1.54, 1.807) is 48.5 Å². The normalized spacial score (nSPS) is 9.92. The number of hydrogen-bond donors (Lipinski definition) is 2. The van der Waals surface area contributed by atoms with Gasteiger partial charge in [0.1, 0.15) is 0 Å². The van der Waals surface area contributed by atoms with Gasteiger partial charge in [0.15, 0.2) is 0 Å². The first-order valence-electron chi connectivity index (χ1n) is 7.05. The van der Waals surface area contributed by atoms with E-state index in [1.165, 1.54) is 14.2 Å². The summed E-state index contributed by atoms with van der Waals surface area (Å²) in [4.78, 5) is 23.9. The fraction of sp³-hybridized carbons (Fsp3) is 0.125. The molecule has 126 valence electrons. The Balaban J connectivity index is 2.19. The Morgan fingerprint density at radius 1 is 0.708 bits per heavy atom. The molecule has 24 heavy (non-hydrogen) atoms. The first-order valence-corrected chi connectivity index (χ1v) is 7.05. The second kappa shape index (κ2) is 8.51. The second-order valence-corrected chi connectivity index (χ2v) is 4.51. The summed E-state index contributed by atoms with van der Waals surface area (Å²) in [5.41, 5.74) is 6.31. The number of hydrogen-bond acceptors (Lipinski definition) is 6. The first kappa shape index (κ1) is 17.3. The van der Waals surface area contributed by atoms with Crippen molar-refractivity contribution in [1.29, 1.82) is 0 Å². The Hall–Kier alpha value is -3.10. The number of benzene rings is 2. The standard InChI is InChI=1S/C16H18N4O4/c1-23-15(21)19(13-9-5-3-6-10-13)17-18-20(16(22)24-2)14-11-7-4-8-12-14/h3-12,17-18H,1-2H3. The van der Waals surface area contributed by atoms with Crippen molar-refractivity contribution < 1.29 is 19.1 Å². The lowest BCUT2D eigenvalue weighted by Crippen LogP contribution is -2.58. The number of ether oxygens (including phenoxy) is 2. The summed E-state index contributed by atoms with van der Waals surface area (Å²) in [6, 6.07) is 17.5. The van der Waals surface area contributed by atoms with Crippen LogP contribution in [0.4, 0.5) is 21.0 Å². The van der Waals surface area contributed by atoms with Gasteiger partial charge >= 0.3 is 12.2 Å². The predicted octanol–water partition coefficient (Wildman–Crippen LogP) is 2.46. The van der Waals surface area contributed by atoms with Gasteiger partial charge in [-0.1, -0.05) is 36.4 Å². The molecule has 0 radical (unpaired) electrons. The molecular weight excluding hydrogens is 312 g/mol. The summed E-state index contributed by atoms with van der Waals surface area (Å²) in [5.74, 6) is 0. The minimum absolute atomic E-state index is 0.523. The summed E-state index contributed by atoms with van der Waals surface area (Å²) >= 11 is 0. The van der Waals surface area contributed by atoms with Crippen LogP contribution < -0.4 is 21.1 Å². The fourth-order valence-corrected chi connectivity index (χ4v) is 1.87. The molecular formula is C16H18N4O4. The highest BCUT2D eigenvalue weighted by Crippen LogP contribution is 2.14. The number of nitrogens with one attached hydrogen (secondary N) is 2. The minimum atomic E-state index is -0.661. The molecule has 2 rings (SSSR count). The lowest BCUT2D eigenvalue weighted by atomic mass is 10.3. The lowest BCUT2D eigenvalue weighted by Gasteiger charge is -2.27. The van der Waals surface area contributed by atoms with E-state index in [0.717, 1.165) is 10.0 Å². The molecule has 0 unspecified atom stereocenters. The topological polar surface area (TPSA) is 83.1 Å². The summed E-state index contributed by atoms with van der Waals surface area (Å²) in [6.07, 6.45) is -1.32. The van der Waals surface area contributed by atoms with E-state index in [0.29, 0.717) is 11.4 Å². The molecule has 8 nitrogen and oxygen atoms in total. The smallest absolute Gasteiger partial charge is 0.429 e. The first-order chi connectivity index (χ1) is 11.7. The maximum Gasteiger partial charge on any atom is 0.429 e. The molecule has 2 amide bonds. The van der Waals surface area contributed by atoms with Gasteiger partial charge in [-0.2, -0.15) is 10.0 Å². The van der Waals surface area contributed by atoms with E-state index in [9.17, 15) is 9.59 Å². The van der Waals surface area contributed by atoms with Gasteiger partial charge in [-0.15, -0.1) is 11.1 Å². The average Bonchev–Trinajstić information content (AvgIpc) is 2.65. The molecule has 0 saturated heterocycles. The Morgan fingerprint density at radius 3 is 1.33 bits per heavy atom. The summed E-state index contributed by atoms with van der Waals surface area (Å²) < 4.78 is 9.48. The van der Waals surface area contributed by atoms with Crippen molar-refractivity contribution >= 4 is 23.6 Å². The quantitative estimate of drug-likeness (QED) is 0.820. The van der Waals surface area contributed by atoms with Crippen molar-refractivity contribution in [3.63, 3.8) is 0 Å². The number of carbonyl (C=O) groups is 2. The van der Waals surface area contributed by atoms with Gasteiger partial charge in [-0.25, -0.2) is 9.59 Å². The van der Waals surface area contributed by atoms with Crippen LogP contribution >= 0.6 is 0 Å². The van der Waals surface area contributed by atoms with Crippen LogP contribution in [0.5, 0.6) is 0 Å². The zero-order valence-electron chi connectivity index (χ0n) is 13.3. The Bertz CT molecular complexity index is 607. The fourth-order valence-electron chi connectivity index (χ4n) is 1.87. The van der Waals surface area contributed by atoms with Crippen LogP contribution in [0.15, 0.2) is 60.7 Å². The van der Waals surface area contributed by atoms with E-state index in [-0.39, 0.29) is 0 Å². The molecule has 0 fully saturated rings. The van der Waals surface area contributed by atoms with Crippen molar-refractivity contribution in [2.75, 3.05) is 24.2 Å². The number of rotatable bonds is 5. The third-order valence-corrected chi connectivity index (χ3v) is 3.02. The van der Waals surface area contributed by atoms with E-state index in [4.69, 9.17) is 9.47 Å². The minimum Gasteiger partial charge on any atom is -0.452 e. The molecule has 0 atom stereocenters. The predicted molar refractivity (Wildman–Crippen MR) is 88.9 cm³/mol. The highest BCUT2D eigenvalue weighted by atomic mass is 16.6. The Kier molecular flexibility index (Phi) is 6.12. The molecule has 0 aliphatic rings. The average molecular weight is 330 g/mol. The van der Waals surface area contributed by atoms with Crippen molar-refractivity contribution in [3.05, 3.63) is 60.7 Å². The molecule has 0 spiro atoms. The molecule has 0 aliphatic carbocycles. The third-order valence-electron chi connectivity index (χ3n) is 3.02. The summed E-state index contributed by atoms with van der Waals surface area (Å²) in [6.45, 7) is 0. The number of amides is 2. The molecule has 0 bridgehead atoms. The van der Waals surface area contributed by atoms with Crippen molar-refractivity contribution in [3.8, 4) is 0 Å². The zero-order valence-corrected chi connectivity index (χ0v) is 13.3. The highest BCUT2D eigenvalue weighted by Gasteiger charge is 2.20. The maximum absolute atomic E-state index is 12.0. The van der Waals surface area contributed by atoms with Gasteiger partial charge in [-0.05, 0) is 24.3 Å². The molecule has 0 aliphatic heterocycles. The molecule has 2 aromatic rings. The lowest BCUT2D eigenvalue weighted by molar-refractivity contribution is 0.165. The van der Waals surface area contributed by atoms with Crippen LogP contribution in [0, 0.1) is 0 Å². The SMILES string of the molecule is COC(=O)N(NNN(C(=O)OC)c1ccccc1)c1ccccc1. The van der Waals surface area contributed by atoms with Crippen LogP contribution in [-0.4, -0.2) is 26.4 Å². The van der Waals surface area contributed by atoms with Crippen LogP contribution in [0.1, 0.15) is 0 Å². The zero-order chi connectivity index (χ0) is 17.4. The van der Waals surface area contributed by atoms with Crippen molar-refractivity contribution in [2.24, 2.45) is 0 Å². The number of carbonyl (C=O) groups excluding carboxylic acids is 2. The van der Waals surface area contributed by atoms with Crippen LogP contribution in [0.2, 0.25) is 0 Å².